The number of amides is 2. The van der Waals surface area contributed by atoms with Gasteiger partial charge >= 0.3 is 11.8 Å². The largest absolute Gasteiger partial charge is 0.383 e. The van der Waals surface area contributed by atoms with Gasteiger partial charge in [0.1, 0.15) is 5.82 Å². The van der Waals surface area contributed by atoms with Gasteiger partial charge in [0.05, 0.1) is 29.5 Å². The Morgan fingerprint density at radius 3 is 2.78 bits per heavy atom. The van der Waals surface area contributed by atoms with Crippen molar-refractivity contribution in [2.24, 2.45) is 5.92 Å². The van der Waals surface area contributed by atoms with E-state index in [1.54, 1.807) is 11.0 Å². The summed E-state index contributed by atoms with van der Waals surface area (Å²) in [4.78, 5) is 34.6. The number of piperidine rings is 2. The van der Waals surface area contributed by atoms with Crippen LogP contribution in [0, 0.1) is 5.92 Å². The van der Waals surface area contributed by atoms with Crippen LogP contribution in [0.15, 0.2) is 36.7 Å². The molecule has 2 aliphatic rings. The van der Waals surface area contributed by atoms with Crippen molar-refractivity contribution >= 4 is 34.2 Å². The van der Waals surface area contributed by atoms with Gasteiger partial charge in [0.15, 0.2) is 0 Å². The first-order valence-electron chi connectivity index (χ1n) is 13.4. The maximum Gasteiger partial charge on any atom is 0.313 e. The molecule has 1 aromatic carbocycles. The lowest BCUT2D eigenvalue weighted by Crippen LogP contribution is -2.46. The van der Waals surface area contributed by atoms with Crippen LogP contribution in [0.25, 0.3) is 10.9 Å². The summed E-state index contributed by atoms with van der Waals surface area (Å²) >= 11 is 0. The molecule has 0 bridgehead atoms. The zero-order valence-electron chi connectivity index (χ0n) is 22.0. The third-order valence-corrected chi connectivity index (χ3v) is 7.82. The van der Waals surface area contributed by atoms with Gasteiger partial charge in [-0.25, -0.2) is 4.98 Å². The molecule has 2 amide bonds. The van der Waals surface area contributed by atoms with Crippen LogP contribution < -0.4 is 11.1 Å². The molecule has 0 unspecified atom stereocenters. The number of likely N-dealkylation sites (N-methyl/N-ethyl adjacent to an activating group) is 1. The molecule has 3 N–H and O–H groups in total. The highest BCUT2D eigenvalue weighted by Crippen LogP contribution is 2.35. The molecule has 0 radical (unpaired) electrons. The van der Waals surface area contributed by atoms with Crippen LogP contribution in [0.1, 0.15) is 62.7 Å². The molecule has 2 saturated heterocycles. The molecule has 2 aromatic heterocycles. The van der Waals surface area contributed by atoms with Crippen LogP contribution in [0.3, 0.4) is 0 Å². The summed E-state index contributed by atoms with van der Waals surface area (Å²) in [6, 6.07) is 8.25. The van der Waals surface area contributed by atoms with Crippen molar-refractivity contribution in [1.29, 1.82) is 0 Å². The second-order valence-corrected chi connectivity index (χ2v) is 10.7. The normalized spacial score (nSPS) is 22.8. The van der Waals surface area contributed by atoms with Crippen LogP contribution in [0.4, 0.5) is 11.5 Å². The van der Waals surface area contributed by atoms with Gasteiger partial charge in [-0.1, -0.05) is 26.0 Å². The summed E-state index contributed by atoms with van der Waals surface area (Å²) in [5.41, 5.74) is 9.15. The van der Waals surface area contributed by atoms with Gasteiger partial charge in [-0.15, -0.1) is 0 Å². The smallest absolute Gasteiger partial charge is 0.313 e. The number of aryl methyl sites for hydroxylation is 1. The molecule has 2 aliphatic heterocycles. The lowest BCUT2D eigenvalue weighted by Gasteiger charge is -2.38. The minimum absolute atomic E-state index is 0.166. The number of carbonyl (C=O) groups is 2. The first-order chi connectivity index (χ1) is 17.8. The first-order valence-corrected chi connectivity index (χ1v) is 13.4. The first kappa shape index (κ1) is 25.2. The van der Waals surface area contributed by atoms with E-state index in [2.05, 4.69) is 58.2 Å². The van der Waals surface area contributed by atoms with Gasteiger partial charge < -0.3 is 20.9 Å². The van der Waals surface area contributed by atoms with Gasteiger partial charge in [-0.2, -0.15) is 5.10 Å². The summed E-state index contributed by atoms with van der Waals surface area (Å²) in [5, 5.41) is 8.75. The molecule has 196 valence electrons. The Morgan fingerprint density at radius 2 is 2.00 bits per heavy atom. The van der Waals surface area contributed by atoms with Crippen molar-refractivity contribution in [2.75, 3.05) is 37.7 Å². The third-order valence-electron chi connectivity index (χ3n) is 7.82. The van der Waals surface area contributed by atoms with E-state index in [1.807, 2.05) is 6.92 Å². The van der Waals surface area contributed by atoms with E-state index in [9.17, 15) is 9.59 Å². The van der Waals surface area contributed by atoms with E-state index in [0.717, 1.165) is 54.4 Å². The Bertz CT molecular complexity index is 1300. The third kappa shape index (κ3) is 5.32. The van der Waals surface area contributed by atoms with Gasteiger partial charge in [0, 0.05) is 24.7 Å². The van der Waals surface area contributed by atoms with Crippen molar-refractivity contribution in [3.63, 3.8) is 0 Å². The van der Waals surface area contributed by atoms with Gasteiger partial charge in [0.2, 0.25) is 0 Å². The highest BCUT2D eigenvalue weighted by Gasteiger charge is 2.34. The van der Waals surface area contributed by atoms with Gasteiger partial charge in [0.25, 0.3) is 0 Å². The minimum atomic E-state index is -0.653. The van der Waals surface area contributed by atoms with E-state index in [0.29, 0.717) is 36.4 Å². The number of hydrogen-bond donors (Lipinski definition) is 2. The average molecular weight is 504 g/mol. The lowest BCUT2D eigenvalue weighted by atomic mass is 9.89. The number of likely N-dealkylation sites (tertiary alicyclic amines) is 2. The number of nitrogens with zero attached hydrogens (tertiary/aromatic N) is 5. The van der Waals surface area contributed by atoms with E-state index >= 15 is 0 Å². The van der Waals surface area contributed by atoms with Crippen molar-refractivity contribution in [3.05, 3.63) is 47.8 Å². The minimum Gasteiger partial charge on any atom is -0.383 e. The number of pyridine rings is 1. The summed E-state index contributed by atoms with van der Waals surface area (Å²) in [5.74, 6) is -0.420. The van der Waals surface area contributed by atoms with E-state index in [4.69, 9.17) is 10.8 Å². The fourth-order valence-electron chi connectivity index (χ4n) is 5.71. The number of benzene rings is 1. The number of anilines is 2. The maximum absolute atomic E-state index is 13.4. The number of fused-ring (bicyclic) bond motifs is 1. The van der Waals surface area contributed by atoms with E-state index in [1.165, 1.54) is 12.6 Å². The molecule has 0 saturated carbocycles. The van der Waals surface area contributed by atoms with Crippen LogP contribution >= 0.6 is 0 Å². The van der Waals surface area contributed by atoms with Crippen molar-refractivity contribution in [1.82, 2.24) is 24.6 Å². The van der Waals surface area contributed by atoms with Crippen LogP contribution in [0.2, 0.25) is 0 Å². The molecular formula is C28H37N7O2. The topological polar surface area (TPSA) is 109 Å². The number of aromatic nitrogens is 3. The van der Waals surface area contributed by atoms with E-state index in [-0.39, 0.29) is 6.04 Å². The number of nitrogen functional groups attached to an aromatic ring is 1. The molecule has 0 spiro atoms. The molecule has 5 rings (SSSR count). The molecule has 3 aromatic rings. The summed E-state index contributed by atoms with van der Waals surface area (Å²) in [7, 11) is 2.16. The molecule has 9 heteroatoms. The van der Waals surface area contributed by atoms with Crippen molar-refractivity contribution in [2.45, 2.75) is 58.0 Å². The molecule has 0 aliphatic carbocycles. The average Bonchev–Trinajstić information content (AvgIpc) is 3.33. The van der Waals surface area contributed by atoms with Crippen LogP contribution in [-0.4, -0.2) is 63.1 Å². The van der Waals surface area contributed by atoms with Gasteiger partial charge in [-0.05, 0) is 74.9 Å². The molecular weight excluding hydrogens is 466 g/mol. The zero-order chi connectivity index (χ0) is 26.1. The highest BCUT2D eigenvalue weighted by atomic mass is 16.2. The fraction of sp³-hybridized carbons (Fsp3) is 0.500. The Labute approximate surface area is 218 Å². The predicted molar refractivity (Wildman–Crippen MR) is 145 cm³/mol. The SMILES string of the molecule is CCc1cc(NC(=O)C(=O)N2C[C@@H](C)CC[C@@H]2c2ccc3cn([C@@H]4CCCN(C)C4)nc3c2)cnc1N. The van der Waals surface area contributed by atoms with Crippen LogP contribution in [-0.2, 0) is 16.0 Å². The summed E-state index contributed by atoms with van der Waals surface area (Å²) in [6.07, 6.45) is 8.43. The molecule has 2 fully saturated rings. The maximum atomic E-state index is 13.4. The van der Waals surface area contributed by atoms with Gasteiger partial charge in [-0.3, -0.25) is 14.3 Å². The second-order valence-electron chi connectivity index (χ2n) is 10.7. The molecule has 4 heterocycles. The number of hydrogen-bond acceptors (Lipinski definition) is 6. The standard InChI is InChI=1S/C28H37N7O2/c1-4-19-12-22(14-30-26(19)29)31-27(36)28(37)34-15-18(2)7-10-25(34)20-8-9-21-16-35(32-24(21)13-20)23-6-5-11-33(3)17-23/h8-9,12-14,16,18,23,25H,4-7,10-11,15,17H2,1-3H3,(H2,29,30)(H,31,36)/t18-,23+,25+/m0/s1. The molecule has 3 atom stereocenters. The van der Waals surface area contributed by atoms with Crippen molar-refractivity contribution < 1.29 is 9.59 Å². The summed E-state index contributed by atoms with van der Waals surface area (Å²) in [6.45, 7) is 6.77. The number of nitrogens with two attached hydrogens (primary N) is 1. The predicted octanol–water partition coefficient (Wildman–Crippen LogP) is 3.78. The van der Waals surface area contributed by atoms with E-state index < -0.39 is 11.8 Å². The quantitative estimate of drug-likeness (QED) is 0.525. The Hall–Kier alpha value is -3.46. The second kappa shape index (κ2) is 10.5. The molecule has 37 heavy (non-hydrogen) atoms. The highest BCUT2D eigenvalue weighted by molar-refractivity contribution is 6.39. The Kier molecular flexibility index (Phi) is 7.15. The lowest BCUT2D eigenvalue weighted by molar-refractivity contribution is -0.146. The zero-order valence-corrected chi connectivity index (χ0v) is 22.0. The monoisotopic (exact) mass is 503 g/mol. The fourth-order valence-corrected chi connectivity index (χ4v) is 5.71. The number of carbonyl (C=O) groups excluding carboxylic acids is 2. The van der Waals surface area contributed by atoms with Crippen molar-refractivity contribution in [3.8, 4) is 0 Å². The molecule has 9 nitrogen and oxygen atoms in total. The Balaban J connectivity index is 1.36. The Morgan fingerprint density at radius 1 is 1.16 bits per heavy atom. The summed E-state index contributed by atoms with van der Waals surface area (Å²) < 4.78 is 2.11. The number of rotatable bonds is 4. The number of nitrogens with one attached hydrogen (secondary N) is 1. The van der Waals surface area contributed by atoms with Crippen LogP contribution in [0.5, 0.6) is 0 Å².